The molecule has 0 aliphatic heterocycles. The number of hydrazone groups is 1. The van der Waals surface area contributed by atoms with Gasteiger partial charge in [-0.25, -0.2) is 5.43 Å². The van der Waals surface area contributed by atoms with Crippen molar-refractivity contribution >= 4 is 12.1 Å². The van der Waals surface area contributed by atoms with E-state index in [1.54, 1.807) is 48.8 Å². The maximum atomic E-state index is 11.6. The van der Waals surface area contributed by atoms with Crippen molar-refractivity contribution < 1.29 is 4.79 Å². The monoisotopic (exact) mass is 250 g/mol. The van der Waals surface area contributed by atoms with E-state index in [0.717, 1.165) is 5.56 Å². The van der Waals surface area contributed by atoms with E-state index in [-0.39, 0.29) is 5.91 Å². The first kappa shape index (κ1) is 12.5. The van der Waals surface area contributed by atoms with Gasteiger partial charge in [-0.15, -0.1) is 0 Å². The number of carbonyl (C=O) groups excluding carboxylic acids is 1. The molecule has 1 heterocycles. The lowest BCUT2D eigenvalue weighted by molar-refractivity contribution is 0.0955. The lowest BCUT2D eigenvalue weighted by Gasteiger charge is -1.98. The van der Waals surface area contributed by atoms with Gasteiger partial charge in [0.1, 0.15) is 0 Å². The predicted octanol–water partition coefficient (Wildman–Crippen LogP) is 1.72. The largest absolute Gasteiger partial charge is 0.271 e. The summed E-state index contributed by atoms with van der Waals surface area (Å²) in [6.45, 7) is 0. The van der Waals surface area contributed by atoms with Gasteiger partial charge in [0.2, 0.25) is 0 Å². The van der Waals surface area contributed by atoms with Gasteiger partial charge in [0.15, 0.2) is 0 Å². The van der Waals surface area contributed by atoms with Crippen molar-refractivity contribution in [1.82, 2.24) is 10.4 Å². The number of nitrogens with zero attached hydrogens (tertiary/aromatic N) is 3. The summed E-state index contributed by atoms with van der Waals surface area (Å²) < 4.78 is 0. The number of hydrogen-bond acceptors (Lipinski definition) is 4. The van der Waals surface area contributed by atoms with Crippen molar-refractivity contribution in [2.75, 3.05) is 0 Å². The second-order valence-electron chi connectivity index (χ2n) is 3.67. The Labute approximate surface area is 110 Å². The van der Waals surface area contributed by atoms with Crippen LogP contribution < -0.4 is 5.43 Å². The average molecular weight is 250 g/mol. The molecule has 0 aliphatic rings. The Balaban J connectivity index is 1.96. The second kappa shape index (κ2) is 6.07. The first-order chi connectivity index (χ1) is 9.29. The summed E-state index contributed by atoms with van der Waals surface area (Å²) in [5.41, 5.74) is 4.29. The molecule has 0 spiro atoms. The van der Waals surface area contributed by atoms with Crippen LogP contribution in [0.4, 0.5) is 0 Å². The Morgan fingerprint density at radius 3 is 2.53 bits per heavy atom. The van der Waals surface area contributed by atoms with Crippen molar-refractivity contribution in [3.05, 3.63) is 65.5 Å². The Hall–Kier alpha value is -3.00. The molecule has 0 atom stereocenters. The fraction of sp³-hybridized carbons (Fsp3) is 0. The summed E-state index contributed by atoms with van der Waals surface area (Å²) in [6.07, 6.45) is 4.60. The van der Waals surface area contributed by atoms with Crippen LogP contribution in [0.5, 0.6) is 0 Å². The summed E-state index contributed by atoms with van der Waals surface area (Å²) in [7, 11) is 0. The van der Waals surface area contributed by atoms with Crippen molar-refractivity contribution in [2.24, 2.45) is 5.10 Å². The Morgan fingerprint density at radius 2 is 1.89 bits per heavy atom. The molecule has 0 bridgehead atoms. The van der Waals surface area contributed by atoms with E-state index in [0.29, 0.717) is 11.1 Å². The highest BCUT2D eigenvalue weighted by atomic mass is 16.2. The van der Waals surface area contributed by atoms with E-state index in [2.05, 4.69) is 15.5 Å². The molecule has 0 aliphatic carbocycles. The average Bonchev–Trinajstić information content (AvgIpc) is 2.49. The third-order valence-electron chi connectivity index (χ3n) is 2.36. The first-order valence-corrected chi connectivity index (χ1v) is 5.53. The quantitative estimate of drug-likeness (QED) is 0.665. The first-order valence-electron chi connectivity index (χ1n) is 5.53. The zero-order valence-corrected chi connectivity index (χ0v) is 9.95. The van der Waals surface area contributed by atoms with Gasteiger partial charge in [0.25, 0.3) is 5.91 Å². The Bertz CT molecular complexity index is 627. The molecule has 0 fully saturated rings. The SMILES string of the molecule is N#Cc1ccc(/C=N/NC(=O)c2ccncc2)cc1. The lowest BCUT2D eigenvalue weighted by atomic mass is 10.2. The van der Waals surface area contributed by atoms with Gasteiger partial charge in [0.05, 0.1) is 17.8 Å². The van der Waals surface area contributed by atoms with E-state index in [1.165, 1.54) is 6.21 Å². The third-order valence-corrected chi connectivity index (χ3v) is 2.36. The van der Waals surface area contributed by atoms with Crippen LogP contribution in [0.1, 0.15) is 21.5 Å². The number of carbonyl (C=O) groups is 1. The molecule has 0 saturated heterocycles. The van der Waals surface area contributed by atoms with Gasteiger partial charge in [-0.2, -0.15) is 10.4 Å². The molecule has 1 amide bonds. The minimum absolute atomic E-state index is 0.299. The second-order valence-corrected chi connectivity index (χ2v) is 3.67. The zero-order chi connectivity index (χ0) is 13.5. The summed E-state index contributed by atoms with van der Waals surface area (Å²) in [4.78, 5) is 15.5. The van der Waals surface area contributed by atoms with Gasteiger partial charge in [-0.1, -0.05) is 12.1 Å². The molecule has 2 aromatic rings. The van der Waals surface area contributed by atoms with E-state index < -0.39 is 0 Å². The Kier molecular flexibility index (Phi) is 3.98. The number of pyridine rings is 1. The van der Waals surface area contributed by atoms with Crippen molar-refractivity contribution in [3.8, 4) is 6.07 Å². The maximum absolute atomic E-state index is 11.6. The minimum Gasteiger partial charge on any atom is -0.267 e. The number of nitriles is 1. The fourth-order valence-electron chi connectivity index (χ4n) is 1.38. The van der Waals surface area contributed by atoms with Gasteiger partial charge < -0.3 is 0 Å². The number of rotatable bonds is 3. The molecule has 19 heavy (non-hydrogen) atoms. The van der Waals surface area contributed by atoms with Gasteiger partial charge in [-0.05, 0) is 29.8 Å². The molecule has 1 aromatic heterocycles. The van der Waals surface area contributed by atoms with Crippen LogP contribution in [-0.4, -0.2) is 17.1 Å². The number of amides is 1. The highest BCUT2D eigenvalue weighted by Crippen LogP contribution is 2.00. The fourth-order valence-corrected chi connectivity index (χ4v) is 1.38. The smallest absolute Gasteiger partial charge is 0.267 e. The van der Waals surface area contributed by atoms with Crippen molar-refractivity contribution in [1.29, 1.82) is 5.26 Å². The Morgan fingerprint density at radius 1 is 1.21 bits per heavy atom. The van der Waals surface area contributed by atoms with Crippen molar-refractivity contribution in [2.45, 2.75) is 0 Å². The number of hydrogen-bond donors (Lipinski definition) is 1. The molecule has 2 rings (SSSR count). The molecule has 1 N–H and O–H groups in total. The van der Waals surface area contributed by atoms with Crippen LogP contribution in [0, 0.1) is 11.3 Å². The summed E-state index contributed by atoms with van der Waals surface area (Å²) in [5, 5.41) is 12.5. The molecule has 1 aromatic carbocycles. The van der Waals surface area contributed by atoms with Crippen LogP contribution >= 0.6 is 0 Å². The van der Waals surface area contributed by atoms with Crippen LogP contribution in [0.2, 0.25) is 0 Å². The summed E-state index contributed by atoms with van der Waals surface area (Å²) in [6, 6.07) is 12.1. The molecule has 0 unspecified atom stereocenters. The molecule has 5 nitrogen and oxygen atoms in total. The molecule has 0 saturated carbocycles. The third kappa shape index (κ3) is 3.48. The topological polar surface area (TPSA) is 78.1 Å². The van der Waals surface area contributed by atoms with Crippen molar-refractivity contribution in [3.63, 3.8) is 0 Å². The zero-order valence-electron chi connectivity index (χ0n) is 9.95. The predicted molar refractivity (Wildman–Crippen MR) is 70.5 cm³/mol. The molecule has 5 heteroatoms. The summed E-state index contributed by atoms with van der Waals surface area (Å²) in [5.74, 6) is -0.299. The lowest BCUT2D eigenvalue weighted by Crippen LogP contribution is -2.17. The van der Waals surface area contributed by atoms with Crippen LogP contribution in [-0.2, 0) is 0 Å². The van der Waals surface area contributed by atoms with E-state index in [4.69, 9.17) is 5.26 Å². The van der Waals surface area contributed by atoms with Crippen LogP contribution in [0.3, 0.4) is 0 Å². The number of benzene rings is 1. The van der Waals surface area contributed by atoms with E-state index >= 15 is 0 Å². The molecular weight excluding hydrogens is 240 g/mol. The number of aromatic nitrogens is 1. The van der Waals surface area contributed by atoms with Gasteiger partial charge in [0, 0.05) is 18.0 Å². The molecule has 92 valence electrons. The minimum atomic E-state index is -0.299. The highest BCUT2D eigenvalue weighted by molar-refractivity contribution is 5.94. The highest BCUT2D eigenvalue weighted by Gasteiger charge is 2.01. The standard InChI is InChI=1S/C14H10N4O/c15-9-11-1-3-12(4-2-11)10-17-18-14(19)13-5-7-16-8-6-13/h1-8,10H,(H,18,19)/b17-10+. The molecule has 0 radical (unpaired) electrons. The maximum Gasteiger partial charge on any atom is 0.271 e. The van der Waals surface area contributed by atoms with Gasteiger partial charge >= 0.3 is 0 Å². The van der Waals surface area contributed by atoms with Crippen LogP contribution in [0.15, 0.2) is 53.9 Å². The van der Waals surface area contributed by atoms with Crippen LogP contribution in [0.25, 0.3) is 0 Å². The van der Waals surface area contributed by atoms with E-state index in [1.807, 2.05) is 6.07 Å². The van der Waals surface area contributed by atoms with Gasteiger partial charge in [-0.3, -0.25) is 9.78 Å². The van der Waals surface area contributed by atoms with E-state index in [9.17, 15) is 4.79 Å². The normalized spacial score (nSPS) is 10.1. The number of nitrogens with one attached hydrogen (secondary N) is 1. The summed E-state index contributed by atoms with van der Waals surface area (Å²) >= 11 is 0. The molecular formula is C14H10N4O.